The Kier molecular flexibility index (Phi) is 8.48. The van der Waals surface area contributed by atoms with Gasteiger partial charge in [-0.25, -0.2) is 0 Å². The second-order valence-corrected chi connectivity index (χ2v) is 9.27. The third-order valence-electron chi connectivity index (χ3n) is 5.20. The summed E-state index contributed by atoms with van der Waals surface area (Å²) in [4.78, 5) is 18.7. The van der Waals surface area contributed by atoms with Crippen molar-refractivity contribution in [2.24, 2.45) is 10.9 Å². The first kappa shape index (κ1) is 21.6. The number of piperidine rings is 1. The Bertz CT molecular complexity index is 610. The number of hydrogen-bond donors (Lipinski definition) is 2. The van der Waals surface area contributed by atoms with E-state index in [0.717, 1.165) is 38.9 Å². The van der Waals surface area contributed by atoms with Gasteiger partial charge in [0.25, 0.3) is 0 Å². The molecule has 150 valence electrons. The zero-order valence-electron chi connectivity index (χ0n) is 17.1. The minimum Gasteiger partial charge on any atom is -0.355 e. The lowest BCUT2D eigenvalue weighted by Gasteiger charge is -2.32. The Morgan fingerprint density at radius 3 is 2.48 bits per heavy atom. The summed E-state index contributed by atoms with van der Waals surface area (Å²) in [5.74, 6) is 1.51. The highest BCUT2D eigenvalue weighted by Crippen LogP contribution is 2.21. The van der Waals surface area contributed by atoms with Crippen LogP contribution in [0.25, 0.3) is 0 Å². The molecule has 0 aliphatic carbocycles. The standard InChI is InChI=1S/C21H34N4OS/c1-21(2,27-4)16-24-20(22-3)23-15-19(26)25-12-10-18(11-13-25)14-17-8-6-5-7-9-17/h5-9,18H,10-16H2,1-4H3,(H2,22,23,24). The fraction of sp³-hybridized carbons (Fsp3) is 0.619. The SMILES string of the molecule is CN=C(NCC(=O)N1CCC(Cc2ccccc2)CC1)NCC(C)(C)SC. The molecule has 5 nitrogen and oxygen atoms in total. The smallest absolute Gasteiger partial charge is 0.241 e. The van der Waals surface area contributed by atoms with E-state index in [-0.39, 0.29) is 10.7 Å². The van der Waals surface area contributed by atoms with E-state index in [1.807, 2.05) is 4.90 Å². The van der Waals surface area contributed by atoms with Crippen LogP contribution in [0.4, 0.5) is 0 Å². The Morgan fingerprint density at radius 2 is 1.89 bits per heavy atom. The molecule has 0 spiro atoms. The topological polar surface area (TPSA) is 56.7 Å². The molecule has 1 fully saturated rings. The summed E-state index contributed by atoms with van der Waals surface area (Å²) < 4.78 is 0.127. The number of thioether (sulfide) groups is 1. The number of aliphatic imine (C=N–C) groups is 1. The first-order chi connectivity index (χ1) is 12.9. The van der Waals surface area contributed by atoms with Gasteiger partial charge in [-0.2, -0.15) is 11.8 Å². The normalized spacial score (nSPS) is 16.3. The highest BCUT2D eigenvalue weighted by Gasteiger charge is 2.23. The maximum Gasteiger partial charge on any atom is 0.241 e. The number of guanidine groups is 1. The van der Waals surface area contributed by atoms with E-state index in [1.54, 1.807) is 18.8 Å². The summed E-state index contributed by atoms with van der Waals surface area (Å²) in [5, 5.41) is 6.45. The van der Waals surface area contributed by atoms with Crippen molar-refractivity contribution in [3.05, 3.63) is 35.9 Å². The van der Waals surface area contributed by atoms with Gasteiger partial charge in [-0.1, -0.05) is 30.3 Å². The van der Waals surface area contributed by atoms with Gasteiger partial charge in [0.15, 0.2) is 5.96 Å². The molecule has 0 atom stereocenters. The third kappa shape index (κ3) is 7.45. The van der Waals surface area contributed by atoms with E-state index < -0.39 is 0 Å². The van der Waals surface area contributed by atoms with Gasteiger partial charge in [0, 0.05) is 31.4 Å². The second kappa shape index (κ2) is 10.6. The summed E-state index contributed by atoms with van der Waals surface area (Å²) in [7, 11) is 1.74. The van der Waals surface area contributed by atoms with Crippen LogP contribution >= 0.6 is 11.8 Å². The van der Waals surface area contributed by atoms with E-state index in [4.69, 9.17) is 0 Å². The van der Waals surface area contributed by atoms with Crippen molar-refractivity contribution in [3.8, 4) is 0 Å². The minimum atomic E-state index is 0.127. The summed E-state index contributed by atoms with van der Waals surface area (Å²) in [6.07, 6.45) is 5.37. The van der Waals surface area contributed by atoms with Crippen LogP contribution < -0.4 is 10.6 Å². The molecular weight excluding hydrogens is 356 g/mol. The fourth-order valence-electron chi connectivity index (χ4n) is 3.19. The van der Waals surface area contributed by atoms with Crippen LogP contribution in [0.3, 0.4) is 0 Å². The van der Waals surface area contributed by atoms with Crippen molar-refractivity contribution >= 4 is 23.6 Å². The lowest BCUT2D eigenvalue weighted by molar-refractivity contribution is -0.131. The monoisotopic (exact) mass is 390 g/mol. The number of rotatable bonds is 7. The maximum absolute atomic E-state index is 12.5. The van der Waals surface area contributed by atoms with Crippen LogP contribution in [0.2, 0.25) is 0 Å². The van der Waals surface area contributed by atoms with Crippen molar-refractivity contribution in [3.63, 3.8) is 0 Å². The molecule has 0 aromatic heterocycles. The molecule has 1 saturated heterocycles. The zero-order valence-corrected chi connectivity index (χ0v) is 17.9. The van der Waals surface area contributed by atoms with Gasteiger partial charge < -0.3 is 15.5 Å². The highest BCUT2D eigenvalue weighted by atomic mass is 32.2. The van der Waals surface area contributed by atoms with Crippen LogP contribution in [0.15, 0.2) is 35.3 Å². The zero-order chi connectivity index (χ0) is 19.7. The van der Waals surface area contributed by atoms with Gasteiger partial charge in [-0.3, -0.25) is 9.79 Å². The van der Waals surface area contributed by atoms with Gasteiger partial charge in [0.05, 0.1) is 6.54 Å². The van der Waals surface area contributed by atoms with E-state index >= 15 is 0 Å². The van der Waals surface area contributed by atoms with Crippen LogP contribution in [0.5, 0.6) is 0 Å². The molecule has 1 aliphatic heterocycles. The number of hydrogen-bond acceptors (Lipinski definition) is 3. The predicted octanol–water partition coefficient (Wildman–Crippen LogP) is 2.77. The molecule has 1 heterocycles. The van der Waals surface area contributed by atoms with Gasteiger partial charge in [-0.15, -0.1) is 0 Å². The number of nitrogens with one attached hydrogen (secondary N) is 2. The summed E-state index contributed by atoms with van der Waals surface area (Å²) in [6.45, 7) is 7.16. The average molecular weight is 391 g/mol. The number of amides is 1. The first-order valence-electron chi connectivity index (χ1n) is 9.75. The summed E-state index contributed by atoms with van der Waals surface area (Å²) in [5.41, 5.74) is 1.40. The van der Waals surface area contributed by atoms with E-state index in [1.165, 1.54) is 5.56 Å². The molecule has 2 N–H and O–H groups in total. The number of carbonyl (C=O) groups is 1. The van der Waals surface area contributed by atoms with Gasteiger partial charge in [0.2, 0.25) is 5.91 Å². The Balaban J connectivity index is 1.70. The second-order valence-electron chi connectivity index (χ2n) is 7.76. The Morgan fingerprint density at radius 1 is 1.22 bits per heavy atom. The highest BCUT2D eigenvalue weighted by molar-refractivity contribution is 7.99. The van der Waals surface area contributed by atoms with Crippen molar-refractivity contribution in [2.45, 2.75) is 37.9 Å². The van der Waals surface area contributed by atoms with Crippen LogP contribution in [-0.4, -0.2) is 61.0 Å². The molecule has 0 bridgehead atoms. The lowest BCUT2D eigenvalue weighted by atomic mass is 9.90. The number of nitrogens with zero attached hydrogens (tertiary/aromatic N) is 2. The predicted molar refractivity (Wildman–Crippen MR) is 116 cm³/mol. The van der Waals surface area contributed by atoms with Crippen LogP contribution in [0.1, 0.15) is 32.3 Å². The fourth-order valence-corrected chi connectivity index (χ4v) is 3.41. The first-order valence-corrected chi connectivity index (χ1v) is 11.0. The largest absolute Gasteiger partial charge is 0.355 e. The molecule has 1 amide bonds. The molecule has 1 aromatic rings. The van der Waals surface area contributed by atoms with Crippen molar-refractivity contribution < 1.29 is 4.79 Å². The third-order valence-corrected chi connectivity index (χ3v) is 6.45. The molecule has 0 unspecified atom stereocenters. The van der Waals surface area contributed by atoms with E-state index in [9.17, 15) is 4.79 Å². The van der Waals surface area contributed by atoms with Crippen LogP contribution in [-0.2, 0) is 11.2 Å². The summed E-state index contributed by atoms with van der Waals surface area (Å²) in [6, 6.07) is 10.6. The lowest BCUT2D eigenvalue weighted by Crippen LogP contribution is -2.48. The average Bonchev–Trinajstić information content (AvgIpc) is 2.69. The molecule has 0 radical (unpaired) electrons. The quantitative estimate of drug-likeness (QED) is 0.555. The maximum atomic E-state index is 12.5. The van der Waals surface area contributed by atoms with Gasteiger partial charge in [-0.05, 0) is 50.8 Å². The molecule has 1 aromatic carbocycles. The molecular formula is C21H34N4OS. The van der Waals surface area contributed by atoms with E-state index in [0.29, 0.717) is 18.4 Å². The van der Waals surface area contributed by atoms with Crippen molar-refractivity contribution in [1.82, 2.24) is 15.5 Å². The Labute approximate surface area is 168 Å². The number of likely N-dealkylation sites (tertiary alicyclic amines) is 1. The molecule has 1 aliphatic rings. The summed E-state index contributed by atoms with van der Waals surface area (Å²) >= 11 is 1.81. The molecule has 0 saturated carbocycles. The number of benzene rings is 1. The van der Waals surface area contributed by atoms with E-state index in [2.05, 4.69) is 66.1 Å². The molecule has 2 rings (SSSR count). The van der Waals surface area contributed by atoms with Crippen LogP contribution in [0, 0.1) is 5.92 Å². The van der Waals surface area contributed by atoms with Crippen molar-refractivity contribution in [2.75, 3.05) is 39.5 Å². The number of carbonyl (C=O) groups excluding carboxylic acids is 1. The van der Waals surface area contributed by atoms with Crippen molar-refractivity contribution in [1.29, 1.82) is 0 Å². The Hall–Kier alpha value is -1.69. The van der Waals surface area contributed by atoms with Gasteiger partial charge >= 0.3 is 0 Å². The molecule has 6 heteroatoms. The minimum absolute atomic E-state index is 0.127. The van der Waals surface area contributed by atoms with Gasteiger partial charge in [0.1, 0.15) is 0 Å². The molecule has 27 heavy (non-hydrogen) atoms.